The first kappa shape index (κ1) is 10.8. The molecule has 1 saturated heterocycles. The molecule has 0 atom stereocenters. The van der Waals surface area contributed by atoms with Gasteiger partial charge in [-0.05, 0) is 19.8 Å². The second-order valence-electron chi connectivity index (χ2n) is 2.29. The molecule has 0 aromatic rings. The van der Waals surface area contributed by atoms with Crippen LogP contribution < -0.4 is 5.43 Å². The number of thiocarbonyl (C=S) groups is 1. The van der Waals surface area contributed by atoms with E-state index in [4.69, 9.17) is 12.2 Å². The van der Waals surface area contributed by atoms with Crippen molar-refractivity contribution in [3.05, 3.63) is 0 Å². The Hall–Kier alpha value is -0.150. The predicted octanol–water partition coefficient (Wildman–Crippen LogP) is 1.96. The molecule has 0 saturated carbocycles. The summed E-state index contributed by atoms with van der Waals surface area (Å²) >= 11 is 4.98. The van der Waals surface area contributed by atoms with E-state index in [1.165, 1.54) is 12.8 Å². The van der Waals surface area contributed by atoms with Gasteiger partial charge in [-0.25, -0.2) is 5.43 Å². The SMILES string of the molecule is CC.CC(=S)N1CCCCN1. The number of hydrazine groups is 1. The minimum absolute atomic E-state index is 0.953. The number of hydrogen-bond donors (Lipinski definition) is 1. The first-order chi connectivity index (χ1) is 5.30. The standard InChI is InChI=1S/C6H12N2S.C2H6/c1-6(9)8-5-3-2-4-7-8;1-2/h7H,2-5H2,1H3;1-2H3. The van der Waals surface area contributed by atoms with Crippen LogP contribution in [0.5, 0.6) is 0 Å². The Morgan fingerprint density at radius 3 is 2.27 bits per heavy atom. The molecule has 2 nitrogen and oxygen atoms in total. The van der Waals surface area contributed by atoms with E-state index < -0.39 is 0 Å². The Kier molecular flexibility index (Phi) is 6.46. The van der Waals surface area contributed by atoms with E-state index in [9.17, 15) is 0 Å². The third kappa shape index (κ3) is 4.32. The molecule has 0 amide bonds. The van der Waals surface area contributed by atoms with Gasteiger partial charge in [-0.3, -0.25) is 0 Å². The molecule has 0 bridgehead atoms. The molecule has 66 valence electrons. The lowest BCUT2D eigenvalue weighted by molar-refractivity contribution is 0.260. The highest BCUT2D eigenvalue weighted by Crippen LogP contribution is 1.99. The molecule has 0 aliphatic carbocycles. The normalized spacial score (nSPS) is 16.8. The van der Waals surface area contributed by atoms with Crippen molar-refractivity contribution in [3.63, 3.8) is 0 Å². The number of nitrogens with one attached hydrogen (secondary N) is 1. The van der Waals surface area contributed by atoms with Crippen molar-refractivity contribution in [2.45, 2.75) is 33.6 Å². The van der Waals surface area contributed by atoms with Crippen LogP contribution in [0.15, 0.2) is 0 Å². The van der Waals surface area contributed by atoms with Gasteiger partial charge in [0, 0.05) is 13.1 Å². The predicted molar refractivity (Wildman–Crippen MR) is 53.6 cm³/mol. The first-order valence-electron chi connectivity index (χ1n) is 4.32. The second-order valence-corrected chi connectivity index (χ2v) is 2.88. The molecule has 0 unspecified atom stereocenters. The average Bonchev–Trinajstić information content (AvgIpc) is 2.10. The average molecular weight is 174 g/mol. The molecular weight excluding hydrogens is 156 g/mol. The van der Waals surface area contributed by atoms with Gasteiger partial charge in [0.15, 0.2) is 0 Å². The fourth-order valence-electron chi connectivity index (χ4n) is 0.957. The van der Waals surface area contributed by atoms with Gasteiger partial charge in [0.2, 0.25) is 0 Å². The van der Waals surface area contributed by atoms with Crippen LogP contribution in [0.3, 0.4) is 0 Å². The van der Waals surface area contributed by atoms with Crippen molar-refractivity contribution in [1.82, 2.24) is 10.4 Å². The summed E-state index contributed by atoms with van der Waals surface area (Å²) in [6.45, 7) is 8.11. The largest absolute Gasteiger partial charge is 0.302 e. The molecule has 1 rings (SSSR count). The molecule has 0 spiro atoms. The van der Waals surface area contributed by atoms with Crippen LogP contribution in [0.25, 0.3) is 0 Å². The van der Waals surface area contributed by atoms with E-state index in [1.54, 1.807) is 0 Å². The molecular formula is C8H18N2S. The van der Waals surface area contributed by atoms with Crippen LogP contribution in [0.1, 0.15) is 33.6 Å². The van der Waals surface area contributed by atoms with Gasteiger partial charge in [-0.15, -0.1) is 0 Å². The Bertz CT molecular complexity index is 109. The summed E-state index contributed by atoms with van der Waals surface area (Å²) in [5, 5.41) is 2.04. The maximum Gasteiger partial charge on any atom is 0.0890 e. The second kappa shape index (κ2) is 6.55. The van der Waals surface area contributed by atoms with Crippen molar-refractivity contribution in [2.75, 3.05) is 13.1 Å². The smallest absolute Gasteiger partial charge is 0.0890 e. The minimum atomic E-state index is 0.953. The zero-order valence-corrected chi connectivity index (χ0v) is 8.50. The number of hydrogen-bond acceptors (Lipinski definition) is 2. The van der Waals surface area contributed by atoms with Crippen molar-refractivity contribution in [2.24, 2.45) is 0 Å². The molecule has 11 heavy (non-hydrogen) atoms. The van der Waals surface area contributed by atoms with Crippen LogP contribution in [0, 0.1) is 0 Å². The Labute approximate surface area is 74.9 Å². The Morgan fingerprint density at radius 1 is 1.36 bits per heavy atom. The van der Waals surface area contributed by atoms with Gasteiger partial charge >= 0.3 is 0 Å². The maximum atomic E-state index is 4.98. The summed E-state index contributed by atoms with van der Waals surface area (Å²) in [4.78, 5) is 0.953. The third-order valence-corrected chi connectivity index (χ3v) is 1.71. The number of rotatable bonds is 0. The van der Waals surface area contributed by atoms with Gasteiger partial charge < -0.3 is 5.01 Å². The summed E-state index contributed by atoms with van der Waals surface area (Å²) in [5.74, 6) is 0. The molecule has 0 aromatic carbocycles. The quantitative estimate of drug-likeness (QED) is 0.565. The van der Waals surface area contributed by atoms with E-state index in [0.717, 1.165) is 18.1 Å². The third-order valence-electron chi connectivity index (χ3n) is 1.49. The number of nitrogens with zero attached hydrogens (tertiary/aromatic N) is 1. The van der Waals surface area contributed by atoms with Gasteiger partial charge in [0.05, 0.1) is 4.99 Å². The highest BCUT2D eigenvalue weighted by molar-refractivity contribution is 7.80. The first-order valence-corrected chi connectivity index (χ1v) is 4.73. The molecule has 1 aliphatic rings. The van der Waals surface area contributed by atoms with Crippen molar-refractivity contribution >= 4 is 17.2 Å². The van der Waals surface area contributed by atoms with E-state index >= 15 is 0 Å². The maximum absolute atomic E-state index is 4.98. The van der Waals surface area contributed by atoms with Crippen molar-refractivity contribution in [1.29, 1.82) is 0 Å². The van der Waals surface area contributed by atoms with Crippen LogP contribution in [0.4, 0.5) is 0 Å². The van der Waals surface area contributed by atoms with Gasteiger partial charge in [-0.2, -0.15) is 0 Å². The molecule has 1 fully saturated rings. The van der Waals surface area contributed by atoms with Gasteiger partial charge in [0.1, 0.15) is 0 Å². The zero-order valence-electron chi connectivity index (χ0n) is 7.68. The van der Waals surface area contributed by atoms with Crippen LogP contribution >= 0.6 is 12.2 Å². The summed E-state index contributed by atoms with van der Waals surface area (Å²) in [6.07, 6.45) is 2.54. The fourth-order valence-corrected chi connectivity index (χ4v) is 1.11. The topological polar surface area (TPSA) is 15.3 Å². The lowest BCUT2D eigenvalue weighted by atomic mass is 10.3. The Morgan fingerprint density at radius 2 is 2.00 bits per heavy atom. The lowest BCUT2D eigenvalue weighted by Gasteiger charge is -2.28. The van der Waals surface area contributed by atoms with E-state index in [1.807, 2.05) is 25.8 Å². The molecule has 1 heterocycles. The van der Waals surface area contributed by atoms with Crippen molar-refractivity contribution < 1.29 is 0 Å². The van der Waals surface area contributed by atoms with Crippen molar-refractivity contribution in [3.8, 4) is 0 Å². The van der Waals surface area contributed by atoms with Crippen LogP contribution in [0.2, 0.25) is 0 Å². The Balaban J connectivity index is 0.000000461. The zero-order chi connectivity index (χ0) is 8.69. The monoisotopic (exact) mass is 174 g/mol. The van der Waals surface area contributed by atoms with Gasteiger partial charge in [0.25, 0.3) is 0 Å². The highest BCUT2D eigenvalue weighted by atomic mass is 32.1. The molecule has 0 radical (unpaired) electrons. The molecule has 3 heteroatoms. The molecule has 1 N–H and O–H groups in total. The highest BCUT2D eigenvalue weighted by Gasteiger charge is 2.07. The van der Waals surface area contributed by atoms with E-state index in [2.05, 4.69) is 5.43 Å². The summed E-state index contributed by atoms with van der Waals surface area (Å²) < 4.78 is 0. The lowest BCUT2D eigenvalue weighted by Crippen LogP contribution is -2.45. The molecule has 0 aromatic heterocycles. The fraction of sp³-hybridized carbons (Fsp3) is 0.875. The van der Waals surface area contributed by atoms with Crippen LogP contribution in [-0.2, 0) is 0 Å². The summed E-state index contributed by atoms with van der Waals surface area (Å²) in [6, 6.07) is 0. The molecule has 1 aliphatic heterocycles. The summed E-state index contributed by atoms with van der Waals surface area (Å²) in [7, 11) is 0. The van der Waals surface area contributed by atoms with E-state index in [-0.39, 0.29) is 0 Å². The summed E-state index contributed by atoms with van der Waals surface area (Å²) in [5.41, 5.74) is 3.21. The van der Waals surface area contributed by atoms with Gasteiger partial charge in [-0.1, -0.05) is 26.1 Å². The minimum Gasteiger partial charge on any atom is -0.302 e. The van der Waals surface area contributed by atoms with Crippen LogP contribution in [-0.4, -0.2) is 23.1 Å². The van der Waals surface area contributed by atoms with E-state index in [0.29, 0.717) is 0 Å².